The topological polar surface area (TPSA) is 72.1 Å². The summed E-state index contributed by atoms with van der Waals surface area (Å²) in [6, 6.07) is 3.52. The molecule has 114 valence electrons. The largest absolute Gasteiger partial charge is 0.339 e. The highest BCUT2D eigenvalue weighted by Crippen LogP contribution is 2.39. The first-order valence-corrected chi connectivity index (χ1v) is 7.81. The van der Waals surface area contributed by atoms with Crippen molar-refractivity contribution in [2.75, 3.05) is 13.1 Å². The van der Waals surface area contributed by atoms with E-state index in [0.717, 1.165) is 37.6 Å². The molecule has 1 aliphatic carbocycles. The van der Waals surface area contributed by atoms with Crippen molar-refractivity contribution in [3.63, 3.8) is 0 Å². The van der Waals surface area contributed by atoms with E-state index in [-0.39, 0.29) is 5.91 Å². The van der Waals surface area contributed by atoms with Gasteiger partial charge in [-0.1, -0.05) is 5.16 Å². The van der Waals surface area contributed by atoms with Gasteiger partial charge in [0.15, 0.2) is 5.82 Å². The second-order valence-electron chi connectivity index (χ2n) is 6.17. The predicted octanol–water partition coefficient (Wildman–Crippen LogP) is 2.05. The van der Waals surface area contributed by atoms with Crippen molar-refractivity contribution >= 4 is 5.91 Å². The Morgan fingerprint density at radius 3 is 2.86 bits per heavy atom. The lowest BCUT2D eigenvalue weighted by molar-refractivity contribution is 0.0787. The van der Waals surface area contributed by atoms with Crippen molar-refractivity contribution in [2.24, 2.45) is 5.92 Å². The summed E-state index contributed by atoms with van der Waals surface area (Å²) >= 11 is 0. The Morgan fingerprint density at radius 1 is 1.27 bits per heavy atom. The third kappa shape index (κ3) is 2.73. The van der Waals surface area contributed by atoms with Crippen LogP contribution >= 0.6 is 0 Å². The molecule has 3 heterocycles. The molecule has 0 bridgehead atoms. The molecule has 2 aliphatic rings. The van der Waals surface area contributed by atoms with E-state index in [1.54, 1.807) is 24.5 Å². The molecule has 22 heavy (non-hydrogen) atoms. The van der Waals surface area contributed by atoms with Crippen LogP contribution in [0.15, 0.2) is 29.0 Å². The van der Waals surface area contributed by atoms with E-state index in [1.165, 1.54) is 12.8 Å². The van der Waals surface area contributed by atoms with Crippen LogP contribution in [-0.4, -0.2) is 39.0 Å². The molecule has 0 N–H and O–H groups in total. The quantitative estimate of drug-likeness (QED) is 0.863. The molecule has 1 saturated carbocycles. The highest BCUT2D eigenvalue weighted by atomic mass is 16.5. The summed E-state index contributed by atoms with van der Waals surface area (Å²) in [4.78, 5) is 22.7. The maximum Gasteiger partial charge on any atom is 0.253 e. The Morgan fingerprint density at radius 2 is 2.09 bits per heavy atom. The Hall–Kier alpha value is -2.24. The standard InChI is InChI=1S/C16H18N4O2/c21-16(13-3-6-17-7-4-13)20-8-5-11(10-20)9-14-18-15(22-19-14)12-1-2-12/h3-4,6-7,11-12H,1-2,5,8-10H2. The lowest BCUT2D eigenvalue weighted by Gasteiger charge is -2.16. The first-order valence-electron chi connectivity index (χ1n) is 7.81. The van der Waals surface area contributed by atoms with E-state index in [0.29, 0.717) is 17.4 Å². The van der Waals surface area contributed by atoms with Crippen LogP contribution in [0.1, 0.15) is 47.3 Å². The summed E-state index contributed by atoms with van der Waals surface area (Å²) < 4.78 is 5.29. The van der Waals surface area contributed by atoms with Crippen LogP contribution < -0.4 is 0 Å². The lowest BCUT2D eigenvalue weighted by atomic mass is 10.1. The normalized spacial score (nSPS) is 21.3. The Kier molecular flexibility index (Phi) is 3.36. The fourth-order valence-electron chi connectivity index (χ4n) is 2.97. The number of nitrogens with zero attached hydrogens (tertiary/aromatic N) is 4. The molecule has 0 aromatic carbocycles. The number of aromatic nitrogens is 3. The molecule has 0 radical (unpaired) electrons. The van der Waals surface area contributed by atoms with E-state index in [1.807, 2.05) is 4.90 Å². The van der Waals surface area contributed by atoms with E-state index < -0.39 is 0 Å². The number of amides is 1. The van der Waals surface area contributed by atoms with E-state index in [2.05, 4.69) is 15.1 Å². The third-order valence-corrected chi connectivity index (χ3v) is 4.38. The van der Waals surface area contributed by atoms with Crippen molar-refractivity contribution in [2.45, 2.75) is 31.6 Å². The predicted molar refractivity (Wildman–Crippen MR) is 78.2 cm³/mol. The molecule has 2 aromatic heterocycles. The molecule has 0 spiro atoms. The van der Waals surface area contributed by atoms with Crippen LogP contribution in [0.5, 0.6) is 0 Å². The minimum atomic E-state index is 0.0803. The van der Waals surface area contributed by atoms with E-state index in [4.69, 9.17) is 4.52 Å². The molecule has 4 rings (SSSR count). The summed E-state index contributed by atoms with van der Waals surface area (Å²) in [6.07, 6.45) is 7.41. The Balaban J connectivity index is 1.36. The summed E-state index contributed by atoms with van der Waals surface area (Å²) in [7, 11) is 0. The number of hydrogen-bond donors (Lipinski definition) is 0. The summed E-state index contributed by atoms with van der Waals surface area (Å²) in [5.41, 5.74) is 0.700. The second kappa shape index (κ2) is 5.51. The molecule has 1 atom stereocenters. The van der Waals surface area contributed by atoms with Crippen molar-refractivity contribution < 1.29 is 9.32 Å². The smallest absolute Gasteiger partial charge is 0.253 e. The van der Waals surface area contributed by atoms with Crippen LogP contribution in [0.4, 0.5) is 0 Å². The highest BCUT2D eigenvalue weighted by Gasteiger charge is 2.31. The van der Waals surface area contributed by atoms with Gasteiger partial charge in [-0.3, -0.25) is 9.78 Å². The van der Waals surface area contributed by atoms with Gasteiger partial charge in [-0.05, 0) is 37.3 Å². The zero-order chi connectivity index (χ0) is 14.9. The van der Waals surface area contributed by atoms with E-state index >= 15 is 0 Å². The SMILES string of the molecule is O=C(c1ccncc1)N1CCC(Cc2noc(C3CC3)n2)C1. The summed E-state index contributed by atoms with van der Waals surface area (Å²) in [5.74, 6) is 2.56. The van der Waals surface area contributed by atoms with Crippen LogP contribution in [0.3, 0.4) is 0 Å². The second-order valence-corrected chi connectivity index (χ2v) is 6.17. The fraction of sp³-hybridized carbons (Fsp3) is 0.500. The van der Waals surface area contributed by atoms with Gasteiger partial charge in [0.25, 0.3) is 5.91 Å². The van der Waals surface area contributed by atoms with Crippen molar-refractivity contribution in [1.29, 1.82) is 0 Å². The van der Waals surface area contributed by atoms with Gasteiger partial charge < -0.3 is 9.42 Å². The average molecular weight is 298 g/mol. The molecular weight excluding hydrogens is 280 g/mol. The van der Waals surface area contributed by atoms with Crippen molar-refractivity contribution in [3.05, 3.63) is 41.8 Å². The minimum Gasteiger partial charge on any atom is -0.339 e. The van der Waals surface area contributed by atoms with Gasteiger partial charge in [0, 0.05) is 43.4 Å². The number of hydrogen-bond acceptors (Lipinski definition) is 5. The van der Waals surface area contributed by atoms with Gasteiger partial charge in [-0.15, -0.1) is 0 Å². The lowest BCUT2D eigenvalue weighted by Crippen LogP contribution is -2.29. The molecule has 1 unspecified atom stereocenters. The molecule has 6 heteroatoms. The van der Waals surface area contributed by atoms with Gasteiger partial charge in [-0.2, -0.15) is 4.98 Å². The van der Waals surface area contributed by atoms with Crippen LogP contribution in [0.2, 0.25) is 0 Å². The van der Waals surface area contributed by atoms with Crippen LogP contribution in [-0.2, 0) is 6.42 Å². The van der Waals surface area contributed by atoms with Crippen molar-refractivity contribution in [1.82, 2.24) is 20.0 Å². The molecule has 2 fully saturated rings. The zero-order valence-corrected chi connectivity index (χ0v) is 12.3. The molecule has 1 aliphatic heterocycles. The molecule has 1 saturated heterocycles. The fourth-order valence-corrected chi connectivity index (χ4v) is 2.97. The van der Waals surface area contributed by atoms with Gasteiger partial charge in [-0.25, -0.2) is 0 Å². The number of carbonyl (C=O) groups is 1. The van der Waals surface area contributed by atoms with Gasteiger partial charge in [0.05, 0.1) is 0 Å². The van der Waals surface area contributed by atoms with Gasteiger partial charge in [0.1, 0.15) is 0 Å². The van der Waals surface area contributed by atoms with E-state index in [9.17, 15) is 4.79 Å². The molecule has 6 nitrogen and oxygen atoms in total. The maximum atomic E-state index is 12.4. The first kappa shape index (κ1) is 13.4. The van der Waals surface area contributed by atoms with Gasteiger partial charge in [0.2, 0.25) is 5.89 Å². The number of carbonyl (C=O) groups excluding carboxylic acids is 1. The maximum absolute atomic E-state index is 12.4. The van der Waals surface area contributed by atoms with Gasteiger partial charge >= 0.3 is 0 Å². The third-order valence-electron chi connectivity index (χ3n) is 4.38. The average Bonchev–Trinajstić information content (AvgIpc) is 3.13. The molecule has 2 aromatic rings. The summed E-state index contributed by atoms with van der Waals surface area (Å²) in [5, 5.41) is 4.07. The zero-order valence-electron chi connectivity index (χ0n) is 12.3. The number of pyridine rings is 1. The summed E-state index contributed by atoms with van der Waals surface area (Å²) in [6.45, 7) is 1.55. The molecule has 1 amide bonds. The minimum absolute atomic E-state index is 0.0803. The highest BCUT2D eigenvalue weighted by molar-refractivity contribution is 5.94. The van der Waals surface area contributed by atoms with Crippen LogP contribution in [0.25, 0.3) is 0 Å². The first-order chi connectivity index (χ1) is 10.8. The monoisotopic (exact) mass is 298 g/mol. The molecular formula is C16H18N4O2. The van der Waals surface area contributed by atoms with Crippen molar-refractivity contribution in [3.8, 4) is 0 Å². The Bertz CT molecular complexity index is 666. The number of likely N-dealkylation sites (tertiary alicyclic amines) is 1. The van der Waals surface area contributed by atoms with Crippen LogP contribution in [0, 0.1) is 5.92 Å². The number of rotatable bonds is 4. The Labute approximate surface area is 128 Å².